The number of hydroxylamine groups is 2. The third-order valence-corrected chi connectivity index (χ3v) is 3.67. The summed E-state index contributed by atoms with van der Waals surface area (Å²) in [4.78, 5) is 50.5. The summed E-state index contributed by atoms with van der Waals surface area (Å²) in [6.45, 7) is 7.07. The first-order chi connectivity index (χ1) is 11.7. The Kier molecular flexibility index (Phi) is 7.82. The van der Waals surface area contributed by atoms with E-state index in [4.69, 9.17) is 9.47 Å². The van der Waals surface area contributed by atoms with E-state index in [0.29, 0.717) is 31.0 Å². The SMILES string of the molecule is COC(C)(C)C.O=CN1CCC(OC(=O)ON2C(=O)CCC2=O)CC1. The first kappa shape index (κ1) is 20.9. The number of carbonyl (C=O) groups is 4. The molecule has 142 valence electrons. The van der Waals surface area contributed by atoms with Gasteiger partial charge < -0.3 is 14.4 Å². The third kappa shape index (κ3) is 7.51. The van der Waals surface area contributed by atoms with E-state index in [-0.39, 0.29) is 24.5 Å². The number of piperidine rings is 1. The molecular weight excluding hydrogens is 332 g/mol. The van der Waals surface area contributed by atoms with Gasteiger partial charge in [0.15, 0.2) is 0 Å². The second-order valence-electron chi connectivity index (χ2n) is 6.70. The molecule has 2 aliphatic heterocycles. The summed E-state index contributed by atoms with van der Waals surface area (Å²) in [5.74, 6) is -1.09. The van der Waals surface area contributed by atoms with Gasteiger partial charge >= 0.3 is 6.16 Å². The van der Waals surface area contributed by atoms with Gasteiger partial charge in [-0.3, -0.25) is 19.2 Å². The van der Waals surface area contributed by atoms with Gasteiger partial charge in [0.2, 0.25) is 6.41 Å². The lowest BCUT2D eigenvalue weighted by atomic mass is 10.1. The minimum Gasteiger partial charge on any atom is -0.429 e. The zero-order valence-electron chi connectivity index (χ0n) is 15.1. The van der Waals surface area contributed by atoms with Crippen molar-refractivity contribution in [3.63, 3.8) is 0 Å². The standard InChI is InChI=1S/C11H14N2O6.C5H12O/c14-7-12-5-3-8(4-6-12)18-11(17)19-13-9(15)1-2-10(13)16;1-5(2,3)6-4/h7-8H,1-6H2;1-4H3. The van der Waals surface area contributed by atoms with Gasteiger partial charge in [0.25, 0.3) is 11.8 Å². The second kappa shape index (κ2) is 9.36. The number of hydrogen-bond donors (Lipinski definition) is 0. The van der Waals surface area contributed by atoms with Gasteiger partial charge in [-0.1, -0.05) is 5.06 Å². The summed E-state index contributed by atoms with van der Waals surface area (Å²) in [6.07, 6.45) is 0.430. The van der Waals surface area contributed by atoms with Gasteiger partial charge in [0.05, 0.1) is 5.60 Å². The van der Waals surface area contributed by atoms with Crippen LogP contribution in [-0.2, 0) is 28.7 Å². The van der Waals surface area contributed by atoms with Crippen LogP contribution >= 0.6 is 0 Å². The van der Waals surface area contributed by atoms with Gasteiger partial charge in [-0.15, -0.1) is 0 Å². The van der Waals surface area contributed by atoms with Crippen molar-refractivity contribution in [2.24, 2.45) is 0 Å². The largest absolute Gasteiger partial charge is 0.534 e. The van der Waals surface area contributed by atoms with Crippen LogP contribution in [0.25, 0.3) is 0 Å². The molecule has 2 saturated heterocycles. The Labute approximate surface area is 147 Å². The maximum atomic E-state index is 11.4. The average molecular weight is 358 g/mol. The van der Waals surface area contributed by atoms with Gasteiger partial charge in [-0.2, -0.15) is 0 Å². The van der Waals surface area contributed by atoms with Crippen LogP contribution in [0.2, 0.25) is 0 Å². The van der Waals surface area contributed by atoms with Crippen LogP contribution in [0.3, 0.4) is 0 Å². The van der Waals surface area contributed by atoms with Gasteiger partial charge in [-0.25, -0.2) is 4.79 Å². The summed E-state index contributed by atoms with van der Waals surface area (Å²) in [6, 6.07) is 0. The van der Waals surface area contributed by atoms with Crippen LogP contribution in [0.4, 0.5) is 4.79 Å². The van der Waals surface area contributed by atoms with Gasteiger partial charge in [0, 0.05) is 45.9 Å². The fraction of sp³-hybridized carbons (Fsp3) is 0.750. The van der Waals surface area contributed by atoms with E-state index in [0.717, 1.165) is 6.41 Å². The molecule has 0 saturated carbocycles. The maximum absolute atomic E-state index is 11.4. The first-order valence-corrected chi connectivity index (χ1v) is 8.15. The molecule has 25 heavy (non-hydrogen) atoms. The van der Waals surface area contributed by atoms with E-state index < -0.39 is 18.0 Å². The van der Waals surface area contributed by atoms with Crippen molar-refractivity contribution < 1.29 is 33.5 Å². The Morgan fingerprint density at radius 3 is 2.00 bits per heavy atom. The van der Waals surface area contributed by atoms with E-state index in [1.807, 2.05) is 20.8 Å². The molecule has 2 rings (SSSR count). The summed E-state index contributed by atoms with van der Waals surface area (Å²) in [5.41, 5.74) is 0.0417. The maximum Gasteiger partial charge on any atom is 0.534 e. The molecule has 0 radical (unpaired) electrons. The van der Waals surface area contributed by atoms with E-state index in [2.05, 4.69) is 4.84 Å². The van der Waals surface area contributed by atoms with Crippen LogP contribution in [0.15, 0.2) is 0 Å². The zero-order valence-corrected chi connectivity index (χ0v) is 15.1. The fourth-order valence-electron chi connectivity index (χ4n) is 1.99. The molecule has 0 aromatic carbocycles. The van der Waals surface area contributed by atoms with E-state index >= 15 is 0 Å². The van der Waals surface area contributed by atoms with Crippen molar-refractivity contribution in [3.05, 3.63) is 0 Å². The predicted molar refractivity (Wildman–Crippen MR) is 86.1 cm³/mol. The van der Waals surface area contributed by atoms with Crippen molar-refractivity contribution in [1.82, 2.24) is 9.96 Å². The highest BCUT2D eigenvalue weighted by atomic mass is 16.8. The average Bonchev–Trinajstić information content (AvgIpc) is 2.87. The number of imide groups is 1. The Morgan fingerprint density at radius 2 is 1.60 bits per heavy atom. The third-order valence-electron chi connectivity index (χ3n) is 3.67. The van der Waals surface area contributed by atoms with Crippen LogP contribution in [-0.4, -0.2) is 66.2 Å². The zero-order chi connectivity index (χ0) is 19.0. The number of ether oxygens (including phenoxy) is 2. The van der Waals surface area contributed by atoms with Crippen molar-refractivity contribution in [1.29, 1.82) is 0 Å². The minimum atomic E-state index is -1.06. The summed E-state index contributed by atoms with van der Waals surface area (Å²) in [5, 5.41) is 0.447. The lowest BCUT2D eigenvalue weighted by Gasteiger charge is -2.28. The molecule has 0 unspecified atom stereocenters. The van der Waals surface area contributed by atoms with E-state index in [1.54, 1.807) is 12.0 Å². The van der Waals surface area contributed by atoms with Crippen LogP contribution in [0.1, 0.15) is 46.5 Å². The van der Waals surface area contributed by atoms with Crippen LogP contribution in [0, 0.1) is 0 Å². The molecule has 0 spiro atoms. The number of carbonyl (C=O) groups excluding carboxylic acids is 4. The molecule has 2 fully saturated rings. The molecule has 0 bridgehead atoms. The molecule has 0 aromatic heterocycles. The Hall–Kier alpha value is -2.16. The van der Waals surface area contributed by atoms with Crippen molar-refractivity contribution in [2.45, 2.75) is 58.2 Å². The van der Waals surface area contributed by atoms with Crippen LogP contribution < -0.4 is 0 Å². The number of amides is 3. The quantitative estimate of drug-likeness (QED) is 0.425. The number of methoxy groups -OCH3 is 1. The highest BCUT2D eigenvalue weighted by molar-refractivity contribution is 6.01. The van der Waals surface area contributed by atoms with Crippen molar-refractivity contribution in [3.8, 4) is 0 Å². The molecule has 0 aliphatic carbocycles. The fourth-order valence-corrected chi connectivity index (χ4v) is 1.99. The minimum absolute atomic E-state index is 0.0417. The van der Waals surface area contributed by atoms with Gasteiger partial charge in [-0.05, 0) is 20.8 Å². The normalized spacial score (nSPS) is 18.6. The van der Waals surface area contributed by atoms with Crippen molar-refractivity contribution >= 4 is 24.4 Å². The highest BCUT2D eigenvalue weighted by Crippen LogP contribution is 2.16. The Bertz CT molecular complexity index is 477. The summed E-state index contributed by atoms with van der Waals surface area (Å²) in [7, 11) is 1.71. The Morgan fingerprint density at radius 1 is 1.12 bits per heavy atom. The molecule has 2 aliphatic rings. The summed E-state index contributed by atoms with van der Waals surface area (Å²) < 4.78 is 9.93. The first-order valence-electron chi connectivity index (χ1n) is 8.15. The van der Waals surface area contributed by atoms with E-state index in [1.165, 1.54) is 0 Å². The molecule has 3 amide bonds. The molecule has 9 nitrogen and oxygen atoms in total. The lowest BCUT2D eigenvalue weighted by Crippen LogP contribution is -2.38. The molecule has 0 atom stereocenters. The monoisotopic (exact) mass is 358 g/mol. The molecule has 0 N–H and O–H groups in total. The van der Waals surface area contributed by atoms with E-state index in [9.17, 15) is 19.2 Å². The van der Waals surface area contributed by atoms with Crippen molar-refractivity contribution in [2.75, 3.05) is 20.2 Å². The number of nitrogens with zero attached hydrogens (tertiary/aromatic N) is 2. The highest BCUT2D eigenvalue weighted by Gasteiger charge is 2.34. The smallest absolute Gasteiger partial charge is 0.429 e. The Balaban J connectivity index is 0.000000450. The van der Waals surface area contributed by atoms with Gasteiger partial charge in [0.1, 0.15) is 6.10 Å². The number of likely N-dealkylation sites (tertiary alicyclic amines) is 1. The number of rotatable bonds is 3. The molecule has 2 heterocycles. The molecule has 0 aromatic rings. The summed E-state index contributed by atoms with van der Waals surface area (Å²) >= 11 is 0. The second-order valence-corrected chi connectivity index (χ2v) is 6.70. The lowest BCUT2D eigenvalue weighted by molar-refractivity contribution is -0.179. The van der Waals surface area contributed by atoms with Crippen LogP contribution in [0.5, 0.6) is 0 Å². The predicted octanol–water partition coefficient (Wildman–Crippen LogP) is 1.26. The molecular formula is C16H26N2O7. The molecule has 9 heteroatoms. The number of hydrogen-bond acceptors (Lipinski definition) is 7. The topological polar surface area (TPSA) is 102 Å².